The van der Waals surface area contributed by atoms with Crippen LogP contribution in [0.5, 0.6) is 0 Å². The van der Waals surface area contributed by atoms with E-state index in [2.05, 4.69) is 5.32 Å². The Kier molecular flexibility index (Phi) is 6.14. The van der Waals surface area contributed by atoms with Crippen molar-refractivity contribution in [2.45, 2.75) is 13.3 Å². The summed E-state index contributed by atoms with van der Waals surface area (Å²) in [6, 6.07) is 18.0. The number of sulfonamides is 1. The van der Waals surface area contributed by atoms with E-state index in [9.17, 15) is 13.2 Å². The summed E-state index contributed by atoms with van der Waals surface area (Å²) in [5.74, 6) is 0. The molecular formula is C18H20N2O3S. The summed E-state index contributed by atoms with van der Waals surface area (Å²) in [6.07, 6.45) is 2.15. The van der Waals surface area contributed by atoms with Crippen LogP contribution in [-0.4, -0.2) is 21.0 Å². The normalized spacial score (nSPS) is 11.8. The van der Waals surface area contributed by atoms with Crippen molar-refractivity contribution in [2.75, 3.05) is 6.54 Å². The Morgan fingerprint density at radius 3 is 2.21 bits per heavy atom. The summed E-state index contributed by atoms with van der Waals surface area (Å²) in [6.45, 7) is 1.80. The van der Waals surface area contributed by atoms with Gasteiger partial charge in [0.1, 0.15) is 0 Å². The third-order valence-corrected chi connectivity index (χ3v) is 4.78. The van der Waals surface area contributed by atoms with E-state index in [1.165, 1.54) is 13.0 Å². The van der Waals surface area contributed by atoms with E-state index in [1.807, 2.05) is 53.3 Å². The van der Waals surface area contributed by atoms with Crippen LogP contribution in [0.2, 0.25) is 0 Å². The van der Waals surface area contributed by atoms with E-state index in [0.717, 1.165) is 11.1 Å². The minimum Gasteiger partial charge on any atom is -0.337 e. The van der Waals surface area contributed by atoms with Gasteiger partial charge in [-0.05, 0) is 30.5 Å². The number of hydrogen-bond acceptors (Lipinski definition) is 3. The zero-order chi connectivity index (χ0) is 17.4. The average Bonchev–Trinajstić information content (AvgIpc) is 2.56. The number of carbonyl (C=O) groups is 1. The van der Waals surface area contributed by atoms with Crippen LogP contribution in [0.25, 0.3) is 6.08 Å². The molecule has 24 heavy (non-hydrogen) atoms. The van der Waals surface area contributed by atoms with Gasteiger partial charge in [-0.15, -0.1) is 0 Å². The largest absolute Gasteiger partial charge is 0.337 e. The SMILES string of the molecule is CC(=Cc1ccccc1)S(=O)(=O)NC(=O)NCCc1ccccc1. The molecule has 0 fully saturated rings. The highest BCUT2D eigenvalue weighted by molar-refractivity contribution is 7.94. The molecule has 0 heterocycles. The molecule has 0 aliphatic heterocycles. The molecule has 0 atom stereocenters. The maximum absolute atomic E-state index is 12.1. The number of carbonyl (C=O) groups excluding carboxylic acids is 1. The summed E-state index contributed by atoms with van der Waals surface area (Å²) < 4.78 is 26.3. The third kappa shape index (κ3) is 5.55. The van der Waals surface area contributed by atoms with Crippen LogP contribution in [0.4, 0.5) is 4.79 Å². The Hall–Kier alpha value is -2.60. The lowest BCUT2D eigenvalue weighted by Crippen LogP contribution is -2.40. The van der Waals surface area contributed by atoms with Gasteiger partial charge in [-0.25, -0.2) is 17.9 Å². The van der Waals surface area contributed by atoms with Gasteiger partial charge in [0.25, 0.3) is 10.0 Å². The van der Waals surface area contributed by atoms with E-state index in [4.69, 9.17) is 0 Å². The number of nitrogens with one attached hydrogen (secondary N) is 2. The molecule has 0 aliphatic rings. The fourth-order valence-electron chi connectivity index (χ4n) is 2.07. The second kappa shape index (κ2) is 8.31. The van der Waals surface area contributed by atoms with Crippen LogP contribution in [-0.2, 0) is 16.4 Å². The monoisotopic (exact) mass is 344 g/mol. The predicted molar refractivity (Wildman–Crippen MR) is 95.7 cm³/mol. The van der Waals surface area contributed by atoms with Crippen molar-refractivity contribution < 1.29 is 13.2 Å². The number of rotatable bonds is 6. The van der Waals surface area contributed by atoms with Crippen LogP contribution in [0.1, 0.15) is 18.1 Å². The van der Waals surface area contributed by atoms with Crippen molar-refractivity contribution in [3.63, 3.8) is 0 Å². The molecule has 0 unspecified atom stereocenters. The maximum Gasteiger partial charge on any atom is 0.328 e. The van der Waals surface area contributed by atoms with Crippen LogP contribution >= 0.6 is 0 Å². The number of amides is 2. The molecule has 0 radical (unpaired) electrons. The van der Waals surface area contributed by atoms with E-state index in [1.54, 1.807) is 12.1 Å². The fraction of sp³-hybridized carbons (Fsp3) is 0.167. The molecule has 0 spiro atoms. The fourth-order valence-corrected chi connectivity index (χ4v) is 2.83. The zero-order valence-corrected chi connectivity index (χ0v) is 14.2. The summed E-state index contributed by atoms with van der Waals surface area (Å²) in [5, 5.41) is 2.55. The molecule has 126 valence electrons. The minimum absolute atomic E-state index is 0.0758. The Labute approximate surface area is 142 Å². The molecular weight excluding hydrogens is 324 g/mol. The Balaban J connectivity index is 1.88. The number of allylic oxidation sites excluding steroid dienone is 1. The Morgan fingerprint density at radius 1 is 1.00 bits per heavy atom. The van der Waals surface area contributed by atoms with Crippen LogP contribution in [0.15, 0.2) is 65.6 Å². The quantitative estimate of drug-likeness (QED) is 0.846. The topological polar surface area (TPSA) is 75.3 Å². The van der Waals surface area contributed by atoms with Gasteiger partial charge < -0.3 is 5.32 Å². The molecule has 0 saturated heterocycles. The highest BCUT2D eigenvalue weighted by Gasteiger charge is 2.16. The lowest BCUT2D eigenvalue weighted by Gasteiger charge is -2.09. The molecule has 0 bridgehead atoms. The van der Waals surface area contributed by atoms with Gasteiger partial charge in [0.05, 0.1) is 4.91 Å². The first-order valence-electron chi connectivity index (χ1n) is 7.55. The lowest BCUT2D eigenvalue weighted by atomic mass is 10.1. The molecule has 2 rings (SSSR count). The summed E-state index contributed by atoms with van der Waals surface area (Å²) in [7, 11) is -3.85. The minimum atomic E-state index is -3.85. The van der Waals surface area contributed by atoms with Crippen molar-refractivity contribution in [3.8, 4) is 0 Å². The first-order valence-corrected chi connectivity index (χ1v) is 9.03. The molecule has 2 aromatic carbocycles. The maximum atomic E-state index is 12.1. The molecule has 2 amide bonds. The van der Waals surface area contributed by atoms with Crippen LogP contribution in [0.3, 0.4) is 0 Å². The van der Waals surface area contributed by atoms with E-state index < -0.39 is 16.1 Å². The predicted octanol–water partition coefficient (Wildman–Crippen LogP) is 2.92. The van der Waals surface area contributed by atoms with Crippen molar-refractivity contribution >= 4 is 22.1 Å². The summed E-state index contributed by atoms with van der Waals surface area (Å²) in [4.78, 5) is 11.9. The molecule has 6 heteroatoms. The molecule has 0 saturated carbocycles. The summed E-state index contributed by atoms with van der Waals surface area (Å²) >= 11 is 0. The Bertz CT molecular complexity index is 801. The van der Waals surface area contributed by atoms with E-state index in [-0.39, 0.29) is 4.91 Å². The smallest absolute Gasteiger partial charge is 0.328 e. The number of hydrogen-bond donors (Lipinski definition) is 2. The van der Waals surface area contributed by atoms with Gasteiger partial charge in [-0.2, -0.15) is 0 Å². The average molecular weight is 344 g/mol. The zero-order valence-electron chi connectivity index (χ0n) is 13.4. The first-order chi connectivity index (χ1) is 11.5. The molecule has 0 aliphatic carbocycles. The van der Waals surface area contributed by atoms with Crippen molar-refractivity contribution in [2.24, 2.45) is 0 Å². The van der Waals surface area contributed by atoms with Crippen LogP contribution < -0.4 is 10.0 Å². The highest BCUT2D eigenvalue weighted by atomic mass is 32.2. The number of urea groups is 1. The molecule has 2 N–H and O–H groups in total. The van der Waals surface area contributed by atoms with Gasteiger partial charge in [0, 0.05) is 6.54 Å². The van der Waals surface area contributed by atoms with Gasteiger partial charge >= 0.3 is 6.03 Å². The second-order valence-electron chi connectivity index (χ2n) is 5.26. The molecule has 0 aromatic heterocycles. The van der Waals surface area contributed by atoms with Crippen molar-refractivity contribution in [1.82, 2.24) is 10.0 Å². The first kappa shape index (κ1) is 17.7. The van der Waals surface area contributed by atoms with Gasteiger partial charge in [0.2, 0.25) is 0 Å². The van der Waals surface area contributed by atoms with Gasteiger partial charge in [-0.1, -0.05) is 60.7 Å². The third-order valence-electron chi connectivity index (χ3n) is 3.36. The van der Waals surface area contributed by atoms with E-state index >= 15 is 0 Å². The van der Waals surface area contributed by atoms with E-state index in [0.29, 0.717) is 13.0 Å². The Morgan fingerprint density at radius 2 is 1.58 bits per heavy atom. The molecule has 2 aromatic rings. The molecule has 5 nitrogen and oxygen atoms in total. The highest BCUT2D eigenvalue weighted by Crippen LogP contribution is 2.10. The second-order valence-corrected chi connectivity index (χ2v) is 7.12. The van der Waals surface area contributed by atoms with Gasteiger partial charge in [0.15, 0.2) is 0 Å². The van der Waals surface area contributed by atoms with Crippen molar-refractivity contribution in [3.05, 3.63) is 76.7 Å². The number of benzene rings is 2. The van der Waals surface area contributed by atoms with Gasteiger partial charge in [-0.3, -0.25) is 0 Å². The lowest BCUT2D eigenvalue weighted by molar-refractivity contribution is 0.246. The van der Waals surface area contributed by atoms with Crippen LogP contribution in [0, 0.1) is 0 Å². The standard InChI is InChI=1S/C18H20N2O3S/c1-15(14-17-10-6-3-7-11-17)24(22,23)20-18(21)19-13-12-16-8-4-2-5-9-16/h2-11,14H,12-13H2,1H3,(H2,19,20,21). The van der Waals surface area contributed by atoms with Crippen molar-refractivity contribution in [1.29, 1.82) is 0 Å². The summed E-state index contributed by atoms with van der Waals surface area (Å²) in [5.41, 5.74) is 1.82.